The van der Waals surface area contributed by atoms with E-state index in [4.69, 9.17) is 11.6 Å². The summed E-state index contributed by atoms with van der Waals surface area (Å²) in [5.41, 5.74) is 1.86. The number of fused-ring (bicyclic) bond motifs is 1. The van der Waals surface area contributed by atoms with Crippen molar-refractivity contribution in [3.63, 3.8) is 0 Å². The predicted octanol–water partition coefficient (Wildman–Crippen LogP) is 4.21. The van der Waals surface area contributed by atoms with Gasteiger partial charge in [-0.15, -0.1) is 0 Å². The quantitative estimate of drug-likeness (QED) is 0.729. The number of amides is 1. The molecule has 1 amide bonds. The maximum Gasteiger partial charge on any atom is 0.257 e. The molecule has 0 unspecified atom stereocenters. The van der Waals surface area contributed by atoms with Gasteiger partial charge in [0.15, 0.2) is 0 Å². The summed E-state index contributed by atoms with van der Waals surface area (Å²) in [5, 5.41) is 3.50. The van der Waals surface area contributed by atoms with Crippen LogP contribution in [0.2, 0.25) is 5.02 Å². The number of benzene rings is 2. The molecule has 0 aliphatic rings. The number of anilines is 1. The molecule has 0 aliphatic heterocycles. The van der Waals surface area contributed by atoms with Crippen LogP contribution in [0.4, 0.5) is 10.1 Å². The number of rotatable bonds is 2. The molecule has 0 atom stereocenters. The van der Waals surface area contributed by atoms with Crippen LogP contribution in [-0.4, -0.2) is 10.9 Å². The Morgan fingerprint density at radius 1 is 1.20 bits per heavy atom. The lowest BCUT2D eigenvalue weighted by Gasteiger charge is -2.05. The second-order valence-electron chi connectivity index (χ2n) is 4.33. The third kappa shape index (κ3) is 2.26. The number of aromatic nitrogens is 1. The van der Waals surface area contributed by atoms with Gasteiger partial charge in [0.2, 0.25) is 0 Å². The van der Waals surface area contributed by atoms with Crippen LogP contribution in [0.25, 0.3) is 10.9 Å². The molecule has 0 saturated carbocycles. The number of hydrogen-bond acceptors (Lipinski definition) is 1. The topological polar surface area (TPSA) is 44.9 Å². The lowest BCUT2D eigenvalue weighted by Crippen LogP contribution is -2.11. The Kier molecular flexibility index (Phi) is 3.16. The van der Waals surface area contributed by atoms with E-state index in [0.29, 0.717) is 11.3 Å². The van der Waals surface area contributed by atoms with Crippen LogP contribution < -0.4 is 5.32 Å². The van der Waals surface area contributed by atoms with Gasteiger partial charge in [-0.05, 0) is 24.3 Å². The summed E-state index contributed by atoms with van der Waals surface area (Å²) in [6.07, 6.45) is 1.64. The molecule has 3 rings (SSSR count). The van der Waals surface area contributed by atoms with Gasteiger partial charge in [0.25, 0.3) is 5.91 Å². The van der Waals surface area contributed by atoms with E-state index in [1.165, 1.54) is 18.2 Å². The van der Waals surface area contributed by atoms with Gasteiger partial charge in [-0.25, -0.2) is 4.39 Å². The molecule has 3 aromatic rings. The van der Waals surface area contributed by atoms with Gasteiger partial charge in [0.05, 0.1) is 10.6 Å². The highest BCUT2D eigenvalue weighted by Crippen LogP contribution is 2.22. The summed E-state index contributed by atoms with van der Waals surface area (Å²) < 4.78 is 13.1. The fourth-order valence-corrected chi connectivity index (χ4v) is 2.21. The van der Waals surface area contributed by atoms with Crippen molar-refractivity contribution < 1.29 is 9.18 Å². The first-order valence-electron chi connectivity index (χ1n) is 5.97. The summed E-state index contributed by atoms with van der Waals surface area (Å²) in [6.45, 7) is 0. The lowest BCUT2D eigenvalue weighted by atomic mass is 10.1. The molecule has 3 nitrogen and oxygen atoms in total. The number of hydrogen-bond donors (Lipinski definition) is 2. The zero-order chi connectivity index (χ0) is 14.1. The Balaban J connectivity index is 1.91. The molecule has 2 aromatic carbocycles. The molecule has 0 spiro atoms. The highest BCUT2D eigenvalue weighted by molar-refractivity contribution is 6.31. The van der Waals surface area contributed by atoms with Crippen molar-refractivity contribution in [1.82, 2.24) is 4.98 Å². The van der Waals surface area contributed by atoms with Crippen LogP contribution in [0.3, 0.4) is 0 Å². The van der Waals surface area contributed by atoms with Crippen molar-refractivity contribution in [2.24, 2.45) is 0 Å². The van der Waals surface area contributed by atoms with Crippen LogP contribution in [0.5, 0.6) is 0 Å². The van der Waals surface area contributed by atoms with E-state index in [2.05, 4.69) is 10.3 Å². The van der Waals surface area contributed by atoms with Gasteiger partial charge in [-0.1, -0.05) is 29.8 Å². The molecule has 5 heteroatoms. The van der Waals surface area contributed by atoms with E-state index in [-0.39, 0.29) is 10.9 Å². The molecule has 1 heterocycles. The standard InChI is InChI=1S/C15H10ClFN2O/c16-12-7-9(5-6-13(12)17)19-15(20)11-8-18-14-4-2-1-3-10(11)14/h1-8,18H,(H,19,20). The minimum Gasteiger partial charge on any atom is -0.360 e. The monoisotopic (exact) mass is 288 g/mol. The first-order valence-corrected chi connectivity index (χ1v) is 6.35. The maximum atomic E-state index is 13.1. The van der Waals surface area contributed by atoms with Crippen LogP contribution >= 0.6 is 11.6 Å². The first-order chi connectivity index (χ1) is 9.65. The third-order valence-corrected chi connectivity index (χ3v) is 3.30. The van der Waals surface area contributed by atoms with Crippen LogP contribution in [0.1, 0.15) is 10.4 Å². The van der Waals surface area contributed by atoms with Crippen molar-refractivity contribution in [2.45, 2.75) is 0 Å². The fourth-order valence-electron chi connectivity index (χ4n) is 2.03. The smallest absolute Gasteiger partial charge is 0.257 e. The van der Waals surface area contributed by atoms with Crippen LogP contribution in [0, 0.1) is 5.82 Å². The van der Waals surface area contributed by atoms with Gasteiger partial charge in [-0.2, -0.15) is 0 Å². The Hall–Kier alpha value is -2.33. The van der Waals surface area contributed by atoms with Gasteiger partial charge in [0, 0.05) is 22.8 Å². The van der Waals surface area contributed by atoms with Gasteiger partial charge < -0.3 is 10.3 Å². The molecule has 0 aliphatic carbocycles. The number of aromatic amines is 1. The number of nitrogens with one attached hydrogen (secondary N) is 2. The van der Waals surface area contributed by atoms with Crippen molar-refractivity contribution in [2.75, 3.05) is 5.32 Å². The first kappa shape index (κ1) is 12.7. The number of para-hydroxylation sites is 1. The minimum atomic E-state index is -0.517. The molecule has 20 heavy (non-hydrogen) atoms. The molecule has 0 fully saturated rings. The summed E-state index contributed by atoms with van der Waals surface area (Å²) in [7, 11) is 0. The largest absolute Gasteiger partial charge is 0.360 e. The molecule has 1 aromatic heterocycles. The number of carbonyl (C=O) groups excluding carboxylic acids is 1. The lowest BCUT2D eigenvalue weighted by molar-refractivity contribution is 0.102. The molecule has 0 saturated heterocycles. The number of halogens is 2. The van der Waals surface area contributed by atoms with Gasteiger partial charge in [-0.3, -0.25) is 4.79 Å². The van der Waals surface area contributed by atoms with E-state index < -0.39 is 5.82 Å². The second-order valence-corrected chi connectivity index (χ2v) is 4.74. The molecule has 0 radical (unpaired) electrons. The third-order valence-electron chi connectivity index (χ3n) is 3.01. The average molecular weight is 289 g/mol. The van der Waals surface area contributed by atoms with Crippen molar-refractivity contribution >= 4 is 34.1 Å². The van der Waals surface area contributed by atoms with E-state index in [1.54, 1.807) is 6.20 Å². The van der Waals surface area contributed by atoms with E-state index in [0.717, 1.165) is 10.9 Å². The number of H-pyrrole nitrogens is 1. The zero-order valence-electron chi connectivity index (χ0n) is 10.3. The van der Waals surface area contributed by atoms with Gasteiger partial charge in [0.1, 0.15) is 5.82 Å². The number of carbonyl (C=O) groups is 1. The Bertz CT molecular complexity index is 797. The fraction of sp³-hybridized carbons (Fsp3) is 0. The summed E-state index contributed by atoms with van der Waals surface area (Å²) in [4.78, 5) is 15.2. The van der Waals surface area contributed by atoms with Crippen molar-refractivity contribution in [3.8, 4) is 0 Å². The second kappa shape index (κ2) is 4.98. The van der Waals surface area contributed by atoms with Crippen molar-refractivity contribution in [1.29, 1.82) is 0 Å². The maximum absolute atomic E-state index is 13.1. The molecule has 100 valence electrons. The van der Waals surface area contributed by atoms with E-state index >= 15 is 0 Å². The molecule has 2 N–H and O–H groups in total. The normalized spacial score (nSPS) is 10.7. The van der Waals surface area contributed by atoms with Crippen LogP contribution in [0.15, 0.2) is 48.7 Å². The van der Waals surface area contributed by atoms with Gasteiger partial charge >= 0.3 is 0 Å². The van der Waals surface area contributed by atoms with E-state index in [9.17, 15) is 9.18 Å². The molecular weight excluding hydrogens is 279 g/mol. The summed E-state index contributed by atoms with van der Waals surface area (Å²) in [5.74, 6) is -0.790. The average Bonchev–Trinajstić information content (AvgIpc) is 2.87. The summed E-state index contributed by atoms with van der Waals surface area (Å²) >= 11 is 5.68. The Morgan fingerprint density at radius 3 is 2.80 bits per heavy atom. The highest BCUT2D eigenvalue weighted by atomic mass is 35.5. The SMILES string of the molecule is O=C(Nc1ccc(F)c(Cl)c1)c1c[nH]c2ccccc12. The zero-order valence-corrected chi connectivity index (χ0v) is 11.0. The minimum absolute atomic E-state index is 0.0262. The Labute approximate surface area is 119 Å². The van der Waals surface area contributed by atoms with Crippen LogP contribution in [-0.2, 0) is 0 Å². The summed E-state index contributed by atoms with van der Waals surface area (Å²) in [6, 6.07) is 11.6. The molecular formula is C15H10ClFN2O. The highest BCUT2D eigenvalue weighted by Gasteiger charge is 2.12. The Morgan fingerprint density at radius 2 is 2.00 bits per heavy atom. The van der Waals surface area contributed by atoms with E-state index in [1.807, 2.05) is 24.3 Å². The predicted molar refractivity (Wildman–Crippen MR) is 77.7 cm³/mol. The van der Waals surface area contributed by atoms with Crippen molar-refractivity contribution in [3.05, 3.63) is 65.1 Å². The molecule has 0 bridgehead atoms.